The van der Waals surface area contributed by atoms with Gasteiger partial charge in [-0.05, 0) is 12.1 Å². The molecule has 0 fully saturated rings. The highest BCUT2D eigenvalue weighted by atomic mass is 16.1. The summed E-state index contributed by atoms with van der Waals surface area (Å²) in [5, 5.41) is 0. The second-order valence-corrected chi connectivity index (χ2v) is 1.84. The highest BCUT2D eigenvalue weighted by Crippen LogP contribution is 2.02. The fourth-order valence-corrected chi connectivity index (χ4v) is 0.599. The van der Waals surface area contributed by atoms with Crippen LogP contribution in [0.4, 0.5) is 5.82 Å². The molecule has 0 saturated carbocycles. The lowest BCUT2D eigenvalue weighted by molar-refractivity contribution is 0.554. The molecule has 0 N–H and O–H groups in total. The Morgan fingerprint density at radius 2 is 2.40 bits per heavy atom. The van der Waals surface area contributed by atoms with Gasteiger partial charge in [0.15, 0.2) is 0 Å². The van der Waals surface area contributed by atoms with Crippen molar-refractivity contribution in [2.75, 3.05) is 11.9 Å². The smallest absolute Gasteiger partial charge is 0.292 e. The van der Waals surface area contributed by atoms with Gasteiger partial charge in [-0.15, -0.1) is 0 Å². The zero-order chi connectivity index (χ0) is 7.40. The van der Waals surface area contributed by atoms with Gasteiger partial charge in [0.25, 0.3) is 0 Å². The minimum Gasteiger partial charge on any atom is -0.292 e. The summed E-state index contributed by atoms with van der Waals surface area (Å²) < 4.78 is 0. The number of nitrogens with zero attached hydrogens (tertiary/aromatic N) is 2. The minimum atomic E-state index is 0.609. The largest absolute Gasteiger partial charge is 0.317 e. The molecule has 3 heteroatoms. The first kappa shape index (κ1) is 6.74. The van der Waals surface area contributed by atoms with Gasteiger partial charge >= 0.3 is 6.41 Å². The molecule has 1 aromatic rings. The van der Waals surface area contributed by atoms with Crippen molar-refractivity contribution in [3.8, 4) is 0 Å². The Hall–Kier alpha value is -1.38. The molecule has 0 bridgehead atoms. The summed E-state index contributed by atoms with van der Waals surface area (Å²) in [6.45, 7) is 0. The number of hydrogen-bond donors (Lipinski definition) is 0. The van der Waals surface area contributed by atoms with E-state index in [4.69, 9.17) is 0 Å². The predicted molar refractivity (Wildman–Crippen MR) is 38.3 cm³/mol. The highest BCUT2D eigenvalue weighted by molar-refractivity contribution is 5.72. The summed E-state index contributed by atoms with van der Waals surface area (Å²) in [5.74, 6) is 0.609. The first-order valence-corrected chi connectivity index (χ1v) is 2.87. The lowest BCUT2D eigenvalue weighted by Crippen LogP contribution is -2.14. The topological polar surface area (TPSA) is 33.2 Å². The van der Waals surface area contributed by atoms with Crippen LogP contribution in [0.15, 0.2) is 24.4 Å². The van der Waals surface area contributed by atoms with Gasteiger partial charge < -0.3 is 0 Å². The Bertz CT molecular complexity index is 210. The molecule has 1 amide bonds. The van der Waals surface area contributed by atoms with Crippen molar-refractivity contribution < 1.29 is 4.79 Å². The second kappa shape index (κ2) is 2.96. The maximum atomic E-state index is 10.1. The van der Waals surface area contributed by atoms with Gasteiger partial charge in [0.05, 0.1) is 0 Å². The zero-order valence-electron chi connectivity index (χ0n) is 5.61. The number of amides is 1. The van der Waals surface area contributed by atoms with Gasteiger partial charge in [0.1, 0.15) is 5.82 Å². The predicted octanol–water partition coefficient (Wildman–Crippen LogP) is 0.585. The van der Waals surface area contributed by atoms with E-state index in [2.05, 4.69) is 4.98 Å². The van der Waals surface area contributed by atoms with E-state index in [0.717, 1.165) is 0 Å². The Morgan fingerprint density at radius 3 is 2.90 bits per heavy atom. The Balaban J connectivity index is 2.84. The van der Waals surface area contributed by atoms with Crippen LogP contribution in [0.3, 0.4) is 0 Å². The second-order valence-electron chi connectivity index (χ2n) is 1.84. The lowest BCUT2D eigenvalue weighted by atomic mass is 10.4. The van der Waals surface area contributed by atoms with Crippen LogP contribution in [0.2, 0.25) is 0 Å². The average Bonchev–Trinajstić information content (AvgIpc) is 2.05. The highest BCUT2D eigenvalue weighted by Gasteiger charge is 1.96. The molecular weight excluding hydrogens is 128 g/mol. The summed E-state index contributed by atoms with van der Waals surface area (Å²) in [6.07, 6.45) is 3.33. The first-order valence-electron chi connectivity index (χ1n) is 2.87. The van der Waals surface area contributed by atoms with Gasteiger partial charge in [-0.2, -0.15) is 0 Å². The number of aromatic nitrogens is 1. The molecule has 3 nitrogen and oxygen atoms in total. The normalized spacial score (nSPS) is 8.90. The third kappa shape index (κ3) is 1.31. The zero-order valence-corrected chi connectivity index (χ0v) is 5.61. The monoisotopic (exact) mass is 135 g/mol. The molecule has 0 unspecified atom stereocenters. The standard InChI is InChI=1S/C7H7N2O/c1-9(6-10)7-4-2-3-5-8-7/h2-5H,1H3. The Morgan fingerprint density at radius 1 is 1.60 bits per heavy atom. The van der Waals surface area contributed by atoms with Crippen molar-refractivity contribution in [1.29, 1.82) is 0 Å². The number of carbonyl (C=O) groups excluding carboxylic acids is 1. The molecule has 51 valence electrons. The lowest BCUT2D eigenvalue weighted by Gasteiger charge is -2.05. The quantitative estimate of drug-likeness (QED) is 0.556. The van der Waals surface area contributed by atoms with Crippen LogP contribution in [0.5, 0.6) is 0 Å². The summed E-state index contributed by atoms with van der Waals surface area (Å²) in [4.78, 5) is 15.3. The molecule has 1 aromatic heterocycles. The summed E-state index contributed by atoms with van der Waals surface area (Å²) in [5.41, 5.74) is 0. The van der Waals surface area contributed by atoms with Gasteiger partial charge in [-0.1, -0.05) is 6.07 Å². The summed E-state index contributed by atoms with van der Waals surface area (Å²) >= 11 is 0. The van der Waals surface area contributed by atoms with Crippen molar-refractivity contribution in [2.45, 2.75) is 0 Å². The molecule has 0 aromatic carbocycles. The van der Waals surface area contributed by atoms with Crippen molar-refractivity contribution in [2.24, 2.45) is 0 Å². The number of rotatable bonds is 2. The molecule has 1 radical (unpaired) electrons. The molecule has 0 aliphatic carbocycles. The van der Waals surface area contributed by atoms with E-state index in [1.165, 1.54) is 4.90 Å². The summed E-state index contributed by atoms with van der Waals surface area (Å²) in [6, 6.07) is 5.35. The summed E-state index contributed by atoms with van der Waals surface area (Å²) in [7, 11) is 1.61. The van der Waals surface area contributed by atoms with Gasteiger partial charge in [0, 0.05) is 13.2 Å². The van der Waals surface area contributed by atoms with Gasteiger partial charge in [-0.25, -0.2) is 4.98 Å². The number of anilines is 1. The van der Waals surface area contributed by atoms with Crippen LogP contribution in [-0.4, -0.2) is 18.4 Å². The number of hydrogen-bond acceptors (Lipinski definition) is 2. The first-order chi connectivity index (χ1) is 4.84. The van der Waals surface area contributed by atoms with Crippen molar-refractivity contribution in [1.82, 2.24) is 4.98 Å². The van der Waals surface area contributed by atoms with Crippen LogP contribution in [0.1, 0.15) is 0 Å². The molecular formula is C7H7N2O. The van der Waals surface area contributed by atoms with E-state index in [1.807, 2.05) is 6.07 Å². The maximum Gasteiger partial charge on any atom is 0.317 e. The molecule has 1 rings (SSSR count). The van der Waals surface area contributed by atoms with Gasteiger partial charge in [-0.3, -0.25) is 9.69 Å². The van der Waals surface area contributed by atoms with Crippen molar-refractivity contribution in [3.05, 3.63) is 24.4 Å². The maximum absolute atomic E-state index is 10.1. The van der Waals surface area contributed by atoms with Crippen LogP contribution in [0.25, 0.3) is 0 Å². The van der Waals surface area contributed by atoms with Crippen molar-refractivity contribution >= 4 is 12.2 Å². The van der Waals surface area contributed by atoms with E-state index in [1.54, 1.807) is 31.8 Å². The van der Waals surface area contributed by atoms with E-state index in [-0.39, 0.29) is 0 Å². The molecule has 0 atom stereocenters. The Kier molecular flexibility index (Phi) is 1.99. The third-order valence-electron chi connectivity index (χ3n) is 1.13. The van der Waals surface area contributed by atoms with Crippen LogP contribution in [0, 0.1) is 0 Å². The van der Waals surface area contributed by atoms with E-state index in [0.29, 0.717) is 5.82 Å². The van der Waals surface area contributed by atoms with Crippen molar-refractivity contribution in [3.63, 3.8) is 0 Å². The molecule has 0 saturated heterocycles. The molecule has 10 heavy (non-hydrogen) atoms. The number of pyridine rings is 1. The fourth-order valence-electron chi connectivity index (χ4n) is 0.599. The van der Waals surface area contributed by atoms with Crippen LogP contribution >= 0.6 is 0 Å². The SMILES string of the molecule is CN([C]=O)c1ccccn1. The molecule has 1 heterocycles. The third-order valence-corrected chi connectivity index (χ3v) is 1.13. The van der Waals surface area contributed by atoms with E-state index >= 15 is 0 Å². The van der Waals surface area contributed by atoms with E-state index < -0.39 is 0 Å². The Labute approximate surface area is 59.3 Å². The molecule has 0 spiro atoms. The van der Waals surface area contributed by atoms with Gasteiger partial charge in [0.2, 0.25) is 0 Å². The van der Waals surface area contributed by atoms with E-state index in [9.17, 15) is 4.79 Å². The molecule has 0 aliphatic heterocycles. The minimum absolute atomic E-state index is 0.609. The average molecular weight is 135 g/mol. The fraction of sp³-hybridized carbons (Fsp3) is 0.143. The van der Waals surface area contributed by atoms with Crippen LogP contribution in [-0.2, 0) is 4.79 Å². The van der Waals surface area contributed by atoms with Crippen LogP contribution < -0.4 is 4.90 Å². The molecule has 0 aliphatic rings.